The average Bonchev–Trinajstić information content (AvgIpc) is 2.44. The maximum absolute atomic E-state index is 12.2. The molecule has 4 nitrogen and oxygen atoms in total. The molecule has 1 rings (SSSR count). The topological polar surface area (TPSA) is 50.4 Å². The number of hydrogen-bond donors (Lipinski definition) is 2. The molecule has 0 saturated heterocycles. The smallest absolute Gasteiger partial charge is 0.253 e. The van der Waals surface area contributed by atoms with E-state index in [-0.39, 0.29) is 5.91 Å². The largest absolute Gasteiger partial charge is 0.385 e. The van der Waals surface area contributed by atoms with Gasteiger partial charge < -0.3 is 15.4 Å². The first-order valence-electron chi connectivity index (χ1n) is 7.75. The summed E-state index contributed by atoms with van der Waals surface area (Å²) in [5, 5.41) is 6.18. The number of carbonyl (C=O) groups is 1. The normalized spacial score (nSPS) is 10.7. The van der Waals surface area contributed by atoms with E-state index < -0.39 is 0 Å². The number of rotatable bonds is 9. The minimum absolute atomic E-state index is 0.0292. The molecule has 21 heavy (non-hydrogen) atoms. The first kappa shape index (κ1) is 17.5. The van der Waals surface area contributed by atoms with Crippen LogP contribution in [0.25, 0.3) is 0 Å². The molecule has 0 bridgehead atoms. The summed E-state index contributed by atoms with van der Waals surface area (Å²) in [5.74, 6) is 0.521. The van der Waals surface area contributed by atoms with Crippen molar-refractivity contribution in [2.45, 2.75) is 34.1 Å². The summed E-state index contributed by atoms with van der Waals surface area (Å²) in [5.41, 5.74) is 2.68. The molecule has 2 N–H and O–H groups in total. The molecular formula is C17H28N2O2. The third-order valence-electron chi connectivity index (χ3n) is 2.99. The van der Waals surface area contributed by atoms with E-state index in [2.05, 4.69) is 24.5 Å². The highest BCUT2D eigenvalue weighted by Crippen LogP contribution is 2.17. The number of ether oxygens (including phenoxy) is 1. The molecule has 1 aromatic carbocycles. The molecule has 4 heteroatoms. The van der Waals surface area contributed by atoms with Crippen LogP contribution >= 0.6 is 0 Å². The first-order valence-corrected chi connectivity index (χ1v) is 7.75. The molecule has 0 aromatic heterocycles. The lowest BCUT2D eigenvalue weighted by atomic mass is 10.1. The van der Waals surface area contributed by atoms with Crippen molar-refractivity contribution in [1.82, 2.24) is 5.32 Å². The Labute approximate surface area is 128 Å². The number of benzene rings is 1. The van der Waals surface area contributed by atoms with E-state index in [4.69, 9.17) is 4.74 Å². The molecule has 0 saturated carbocycles. The second kappa shape index (κ2) is 9.40. The van der Waals surface area contributed by atoms with E-state index in [1.165, 1.54) is 0 Å². The average molecular weight is 292 g/mol. The van der Waals surface area contributed by atoms with Crippen molar-refractivity contribution in [1.29, 1.82) is 0 Å². The van der Waals surface area contributed by atoms with Gasteiger partial charge in [-0.15, -0.1) is 0 Å². The third kappa shape index (κ3) is 6.63. The van der Waals surface area contributed by atoms with Crippen molar-refractivity contribution in [3.8, 4) is 0 Å². The fourth-order valence-electron chi connectivity index (χ4n) is 1.98. The summed E-state index contributed by atoms with van der Waals surface area (Å²) < 4.78 is 5.50. The number of hydrogen-bond acceptors (Lipinski definition) is 3. The molecule has 0 radical (unpaired) electrons. The van der Waals surface area contributed by atoms with Crippen LogP contribution in [0.4, 0.5) is 5.69 Å². The van der Waals surface area contributed by atoms with Gasteiger partial charge in [-0.25, -0.2) is 0 Å². The van der Waals surface area contributed by atoms with E-state index in [0.717, 1.165) is 30.8 Å². The van der Waals surface area contributed by atoms with Gasteiger partial charge in [-0.05, 0) is 38.3 Å². The molecule has 0 heterocycles. The highest BCUT2D eigenvalue weighted by atomic mass is 16.5. The first-order chi connectivity index (χ1) is 10.0. The number of amides is 1. The number of nitrogens with one attached hydrogen (secondary N) is 2. The van der Waals surface area contributed by atoms with Crippen molar-refractivity contribution >= 4 is 11.6 Å². The Morgan fingerprint density at radius 3 is 2.76 bits per heavy atom. The third-order valence-corrected chi connectivity index (χ3v) is 2.99. The van der Waals surface area contributed by atoms with Crippen LogP contribution in [0.1, 0.15) is 43.1 Å². The van der Waals surface area contributed by atoms with Gasteiger partial charge in [0.1, 0.15) is 0 Å². The highest BCUT2D eigenvalue weighted by molar-refractivity contribution is 5.99. The molecule has 118 valence electrons. The zero-order chi connectivity index (χ0) is 15.7. The van der Waals surface area contributed by atoms with E-state index in [1.54, 1.807) is 0 Å². The van der Waals surface area contributed by atoms with Gasteiger partial charge in [-0.2, -0.15) is 0 Å². The Morgan fingerprint density at radius 2 is 2.10 bits per heavy atom. The van der Waals surface area contributed by atoms with Gasteiger partial charge in [-0.1, -0.05) is 25.5 Å². The second-order valence-electron chi connectivity index (χ2n) is 5.66. The minimum atomic E-state index is -0.0292. The van der Waals surface area contributed by atoms with Crippen LogP contribution in [0, 0.1) is 12.8 Å². The Hall–Kier alpha value is -1.55. The molecule has 0 aliphatic rings. The van der Waals surface area contributed by atoms with Crippen LogP contribution in [0.3, 0.4) is 0 Å². The fraction of sp³-hybridized carbons (Fsp3) is 0.588. The maximum atomic E-state index is 12.2. The van der Waals surface area contributed by atoms with Gasteiger partial charge in [0.15, 0.2) is 0 Å². The lowest BCUT2D eigenvalue weighted by Crippen LogP contribution is -2.26. The summed E-state index contributed by atoms with van der Waals surface area (Å²) >= 11 is 0. The molecule has 0 unspecified atom stereocenters. The van der Waals surface area contributed by atoms with Crippen LogP contribution in [0.5, 0.6) is 0 Å². The monoisotopic (exact) mass is 292 g/mol. The molecule has 0 aliphatic carbocycles. The molecule has 0 fully saturated rings. The zero-order valence-corrected chi connectivity index (χ0v) is 13.7. The van der Waals surface area contributed by atoms with E-state index in [9.17, 15) is 4.79 Å². The van der Waals surface area contributed by atoms with Crippen molar-refractivity contribution in [2.75, 3.05) is 31.6 Å². The van der Waals surface area contributed by atoms with Crippen LogP contribution in [0.2, 0.25) is 0 Å². The Bertz CT molecular complexity index is 444. The standard InChI is InChI=1S/C17H28N2O2/c1-5-18-16-8-7-14(4)11-15(16)17(20)19-9-6-10-21-12-13(2)3/h7-8,11,13,18H,5-6,9-10,12H2,1-4H3,(H,19,20). The summed E-state index contributed by atoms with van der Waals surface area (Å²) in [6.45, 7) is 11.2. The van der Waals surface area contributed by atoms with E-state index in [0.29, 0.717) is 24.6 Å². The lowest BCUT2D eigenvalue weighted by molar-refractivity contribution is 0.0925. The maximum Gasteiger partial charge on any atom is 0.253 e. The quantitative estimate of drug-likeness (QED) is 0.687. The van der Waals surface area contributed by atoms with Gasteiger partial charge in [-0.3, -0.25) is 4.79 Å². The Balaban J connectivity index is 2.42. The number of carbonyl (C=O) groups excluding carboxylic acids is 1. The van der Waals surface area contributed by atoms with Crippen LogP contribution < -0.4 is 10.6 Å². The minimum Gasteiger partial charge on any atom is -0.385 e. The predicted molar refractivity (Wildman–Crippen MR) is 87.9 cm³/mol. The van der Waals surface area contributed by atoms with Gasteiger partial charge in [0.05, 0.1) is 5.56 Å². The number of aryl methyl sites for hydroxylation is 1. The Morgan fingerprint density at radius 1 is 1.33 bits per heavy atom. The van der Waals surface area contributed by atoms with Crippen LogP contribution in [-0.4, -0.2) is 32.2 Å². The molecule has 0 aliphatic heterocycles. The summed E-state index contributed by atoms with van der Waals surface area (Å²) in [6.07, 6.45) is 0.834. The van der Waals surface area contributed by atoms with Crippen molar-refractivity contribution < 1.29 is 9.53 Å². The summed E-state index contributed by atoms with van der Waals surface area (Å²) in [4.78, 5) is 12.2. The molecule has 0 spiro atoms. The summed E-state index contributed by atoms with van der Waals surface area (Å²) in [6, 6.07) is 5.89. The van der Waals surface area contributed by atoms with E-state index >= 15 is 0 Å². The molecule has 1 amide bonds. The van der Waals surface area contributed by atoms with Gasteiger partial charge in [0, 0.05) is 32.0 Å². The van der Waals surface area contributed by atoms with Crippen molar-refractivity contribution in [3.05, 3.63) is 29.3 Å². The van der Waals surface area contributed by atoms with Crippen LogP contribution in [-0.2, 0) is 4.74 Å². The fourth-order valence-corrected chi connectivity index (χ4v) is 1.98. The summed E-state index contributed by atoms with van der Waals surface area (Å²) in [7, 11) is 0. The lowest BCUT2D eigenvalue weighted by Gasteiger charge is -2.12. The predicted octanol–water partition coefficient (Wildman–Crippen LogP) is 3.22. The van der Waals surface area contributed by atoms with E-state index in [1.807, 2.05) is 32.0 Å². The Kier molecular flexibility index (Phi) is 7.83. The molecule has 0 atom stereocenters. The van der Waals surface area contributed by atoms with Crippen LogP contribution in [0.15, 0.2) is 18.2 Å². The van der Waals surface area contributed by atoms with Gasteiger partial charge in [0.2, 0.25) is 0 Å². The van der Waals surface area contributed by atoms with Gasteiger partial charge in [0.25, 0.3) is 5.91 Å². The van der Waals surface area contributed by atoms with Crippen molar-refractivity contribution in [2.24, 2.45) is 5.92 Å². The SMILES string of the molecule is CCNc1ccc(C)cc1C(=O)NCCCOCC(C)C. The molecule has 1 aromatic rings. The van der Waals surface area contributed by atoms with Gasteiger partial charge >= 0.3 is 0 Å². The number of anilines is 1. The van der Waals surface area contributed by atoms with Crippen molar-refractivity contribution in [3.63, 3.8) is 0 Å². The second-order valence-corrected chi connectivity index (χ2v) is 5.66. The highest BCUT2D eigenvalue weighted by Gasteiger charge is 2.10. The molecular weight excluding hydrogens is 264 g/mol. The zero-order valence-electron chi connectivity index (χ0n) is 13.7.